The Morgan fingerprint density at radius 2 is 2.00 bits per heavy atom. The summed E-state index contributed by atoms with van der Waals surface area (Å²) in [6, 6.07) is 11.0. The molecular weight excluding hydrogens is 411 g/mol. The number of ether oxygens (including phenoxy) is 1. The number of fused-ring (bicyclic) bond motifs is 2. The molecule has 9 heteroatoms. The van der Waals surface area contributed by atoms with E-state index in [0.29, 0.717) is 10.3 Å². The van der Waals surface area contributed by atoms with E-state index in [-0.39, 0.29) is 34.4 Å². The van der Waals surface area contributed by atoms with Crippen molar-refractivity contribution in [2.75, 3.05) is 6.61 Å². The highest BCUT2D eigenvalue weighted by Crippen LogP contribution is 2.20. The molecule has 0 N–H and O–H groups in total. The summed E-state index contributed by atoms with van der Waals surface area (Å²) in [5.74, 6) is -2.01. The molecule has 0 saturated carbocycles. The highest BCUT2D eigenvalue weighted by atomic mass is 32.1. The topological polar surface area (TPSA) is 90.9 Å². The average molecular weight is 426 g/mol. The number of rotatable bonds is 4. The van der Waals surface area contributed by atoms with Crippen molar-refractivity contribution in [3.05, 3.63) is 75.1 Å². The van der Waals surface area contributed by atoms with Crippen molar-refractivity contribution < 1.29 is 23.1 Å². The molecule has 7 nitrogen and oxygen atoms in total. The summed E-state index contributed by atoms with van der Waals surface area (Å²) in [5, 5.41) is 0.250. The fourth-order valence-electron chi connectivity index (χ4n) is 3.03. The van der Waals surface area contributed by atoms with Gasteiger partial charge in [-0.2, -0.15) is 4.99 Å². The Balaban J connectivity index is 1.87. The van der Waals surface area contributed by atoms with Crippen LogP contribution in [0, 0.1) is 5.82 Å². The van der Waals surface area contributed by atoms with Crippen LogP contribution in [-0.2, 0) is 16.1 Å². The molecule has 152 valence electrons. The minimum absolute atomic E-state index is 0.0701. The van der Waals surface area contributed by atoms with E-state index in [2.05, 4.69) is 4.99 Å². The molecule has 0 unspecified atom stereocenters. The van der Waals surface area contributed by atoms with Crippen LogP contribution < -0.4 is 10.2 Å². The first-order valence-corrected chi connectivity index (χ1v) is 9.84. The molecule has 2 heterocycles. The average Bonchev–Trinajstić information content (AvgIpc) is 3.06. The van der Waals surface area contributed by atoms with Gasteiger partial charge in [0.25, 0.3) is 5.91 Å². The van der Waals surface area contributed by atoms with Crippen LogP contribution in [0.5, 0.6) is 0 Å². The minimum atomic E-state index is -0.848. The first kappa shape index (κ1) is 19.7. The highest BCUT2D eigenvalue weighted by Gasteiger charge is 2.18. The quantitative estimate of drug-likeness (QED) is 0.467. The number of hydrogen-bond acceptors (Lipinski definition) is 6. The van der Waals surface area contributed by atoms with Crippen LogP contribution in [0.2, 0.25) is 0 Å². The van der Waals surface area contributed by atoms with E-state index in [1.807, 2.05) is 0 Å². The van der Waals surface area contributed by atoms with Gasteiger partial charge in [0.2, 0.25) is 5.43 Å². The van der Waals surface area contributed by atoms with Gasteiger partial charge in [0, 0.05) is 0 Å². The zero-order valence-electron chi connectivity index (χ0n) is 15.8. The normalized spacial score (nSPS) is 11.9. The van der Waals surface area contributed by atoms with Crippen LogP contribution in [0.15, 0.2) is 62.9 Å². The molecule has 2 aromatic heterocycles. The second kappa shape index (κ2) is 8.03. The van der Waals surface area contributed by atoms with Crippen molar-refractivity contribution >= 4 is 44.4 Å². The lowest BCUT2D eigenvalue weighted by Gasteiger charge is -2.05. The summed E-state index contributed by atoms with van der Waals surface area (Å²) in [6.45, 7) is 1.49. The number of carbonyl (C=O) groups excluding carboxylic acids is 2. The van der Waals surface area contributed by atoms with Gasteiger partial charge < -0.3 is 13.7 Å². The van der Waals surface area contributed by atoms with E-state index >= 15 is 0 Å². The molecule has 1 amide bonds. The number of aromatic nitrogens is 1. The van der Waals surface area contributed by atoms with Gasteiger partial charge in [-0.15, -0.1) is 0 Å². The van der Waals surface area contributed by atoms with Gasteiger partial charge in [0.05, 0.1) is 22.2 Å². The first-order valence-electron chi connectivity index (χ1n) is 9.02. The van der Waals surface area contributed by atoms with E-state index in [9.17, 15) is 18.8 Å². The van der Waals surface area contributed by atoms with Crippen LogP contribution >= 0.6 is 11.3 Å². The molecule has 0 spiro atoms. The maximum atomic E-state index is 14.4. The van der Waals surface area contributed by atoms with Crippen LogP contribution in [0.25, 0.3) is 21.2 Å². The number of benzene rings is 2. The predicted molar refractivity (Wildman–Crippen MR) is 109 cm³/mol. The fraction of sp³-hybridized carbons (Fsp3) is 0.143. The van der Waals surface area contributed by atoms with Gasteiger partial charge in [-0.1, -0.05) is 29.5 Å². The summed E-state index contributed by atoms with van der Waals surface area (Å²) in [6.07, 6.45) is 1.06. The lowest BCUT2D eigenvalue weighted by Crippen LogP contribution is -2.24. The summed E-state index contributed by atoms with van der Waals surface area (Å²) in [5.41, 5.74) is -0.294. The van der Waals surface area contributed by atoms with E-state index in [4.69, 9.17) is 9.15 Å². The number of amides is 1. The van der Waals surface area contributed by atoms with Crippen molar-refractivity contribution in [2.24, 2.45) is 4.99 Å². The minimum Gasteiger partial charge on any atom is -0.465 e. The molecule has 0 bridgehead atoms. The van der Waals surface area contributed by atoms with Crippen molar-refractivity contribution in [1.82, 2.24) is 4.57 Å². The summed E-state index contributed by atoms with van der Waals surface area (Å²) in [7, 11) is 0. The maximum absolute atomic E-state index is 14.4. The number of halogens is 1. The molecule has 30 heavy (non-hydrogen) atoms. The fourth-order valence-corrected chi connectivity index (χ4v) is 4.07. The van der Waals surface area contributed by atoms with Crippen molar-refractivity contribution in [3.8, 4) is 0 Å². The largest absolute Gasteiger partial charge is 0.465 e. The molecule has 0 atom stereocenters. The van der Waals surface area contributed by atoms with Gasteiger partial charge in [-0.05, 0) is 31.2 Å². The third kappa shape index (κ3) is 3.55. The van der Waals surface area contributed by atoms with Crippen molar-refractivity contribution in [2.45, 2.75) is 13.5 Å². The predicted octanol–water partition coefficient (Wildman–Crippen LogP) is 3.25. The van der Waals surface area contributed by atoms with Crippen molar-refractivity contribution in [3.63, 3.8) is 0 Å². The van der Waals surface area contributed by atoms with E-state index in [0.717, 1.165) is 17.6 Å². The van der Waals surface area contributed by atoms with E-state index in [1.54, 1.807) is 37.3 Å². The second-order valence-corrected chi connectivity index (χ2v) is 7.26. The molecule has 4 aromatic rings. The van der Waals surface area contributed by atoms with Gasteiger partial charge in [0.15, 0.2) is 4.80 Å². The van der Waals surface area contributed by atoms with Crippen LogP contribution in [0.3, 0.4) is 0 Å². The number of esters is 1. The third-order valence-corrected chi connectivity index (χ3v) is 5.40. The van der Waals surface area contributed by atoms with Gasteiger partial charge in [-0.25, -0.2) is 4.39 Å². The molecule has 0 aliphatic rings. The van der Waals surface area contributed by atoms with Crippen LogP contribution in [-0.4, -0.2) is 23.1 Å². The maximum Gasteiger partial charge on any atom is 0.326 e. The molecule has 0 radical (unpaired) electrons. The zero-order chi connectivity index (χ0) is 21.3. The summed E-state index contributed by atoms with van der Waals surface area (Å²) >= 11 is 1.03. The summed E-state index contributed by atoms with van der Waals surface area (Å²) in [4.78, 5) is 41.5. The highest BCUT2D eigenvalue weighted by molar-refractivity contribution is 7.16. The number of nitrogens with zero attached hydrogens (tertiary/aromatic N) is 2. The lowest BCUT2D eigenvalue weighted by atomic mass is 10.2. The SMILES string of the molecule is CCOC(=O)Cn1c(=NC(=O)c2coc3ccccc3c2=O)sc2cccc(F)c21. The molecule has 0 fully saturated rings. The molecule has 0 saturated heterocycles. The van der Waals surface area contributed by atoms with Crippen LogP contribution in [0.4, 0.5) is 4.39 Å². The molecule has 0 aliphatic carbocycles. The van der Waals surface area contributed by atoms with E-state index in [1.165, 1.54) is 16.7 Å². The van der Waals surface area contributed by atoms with Crippen molar-refractivity contribution in [1.29, 1.82) is 0 Å². The van der Waals surface area contributed by atoms with Gasteiger partial charge >= 0.3 is 5.97 Å². The third-order valence-electron chi connectivity index (χ3n) is 4.35. The number of hydrogen-bond donors (Lipinski definition) is 0. The van der Waals surface area contributed by atoms with Gasteiger partial charge in [-0.3, -0.25) is 14.4 Å². The monoisotopic (exact) mass is 426 g/mol. The Kier molecular flexibility index (Phi) is 5.28. The van der Waals surface area contributed by atoms with E-state index < -0.39 is 23.1 Å². The standard InChI is InChI=1S/C21H15FN2O5S/c1-2-28-17(25)10-24-18-14(22)7-5-9-16(18)30-21(24)23-20(27)13-11-29-15-8-4-3-6-12(15)19(13)26/h3-9,11H,2,10H2,1H3. The Bertz CT molecular complexity index is 1420. The number of thiazole rings is 1. The Morgan fingerprint density at radius 3 is 2.80 bits per heavy atom. The lowest BCUT2D eigenvalue weighted by molar-refractivity contribution is -0.143. The number of carbonyl (C=O) groups is 2. The molecule has 4 rings (SSSR count). The smallest absolute Gasteiger partial charge is 0.326 e. The number of para-hydroxylation sites is 2. The Morgan fingerprint density at radius 1 is 1.20 bits per heavy atom. The summed E-state index contributed by atoms with van der Waals surface area (Å²) < 4.78 is 26.5. The van der Waals surface area contributed by atoms with Crippen LogP contribution in [0.1, 0.15) is 17.3 Å². The zero-order valence-corrected chi connectivity index (χ0v) is 16.6. The second-order valence-electron chi connectivity index (χ2n) is 6.25. The molecule has 2 aromatic carbocycles. The van der Waals surface area contributed by atoms with Gasteiger partial charge in [0.1, 0.15) is 29.8 Å². The molecular formula is C21H15FN2O5S. The first-order chi connectivity index (χ1) is 14.5. The molecule has 0 aliphatic heterocycles. The Labute approximate surface area is 172 Å². The Hall–Kier alpha value is -3.59.